The quantitative estimate of drug-likeness (QED) is 0.773. The van der Waals surface area contributed by atoms with E-state index in [4.69, 9.17) is 0 Å². The largest absolute Gasteiger partial charge is 0.480 e. The molecule has 2 aliphatic carbocycles. The summed E-state index contributed by atoms with van der Waals surface area (Å²) in [4.78, 5) is 14.1. The Morgan fingerprint density at radius 1 is 1.24 bits per heavy atom. The first-order valence-electron chi connectivity index (χ1n) is 6.95. The summed E-state index contributed by atoms with van der Waals surface area (Å²) in [5, 5.41) is 12.9. The van der Waals surface area contributed by atoms with Crippen LogP contribution in [-0.4, -0.2) is 46.7 Å². The summed E-state index contributed by atoms with van der Waals surface area (Å²) in [7, 11) is 0. The molecule has 17 heavy (non-hydrogen) atoms. The second-order valence-corrected chi connectivity index (χ2v) is 5.95. The van der Waals surface area contributed by atoms with Crippen molar-refractivity contribution in [1.82, 2.24) is 10.2 Å². The number of carbonyl (C=O) groups is 1. The average molecular weight is 238 g/mol. The first-order valence-corrected chi connectivity index (χ1v) is 6.95. The number of nitrogens with one attached hydrogen (secondary N) is 1. The normalized spacial score (nSPS) is 38.7. The van der Waals surface area contributed by atoms with E-state index in [1.54, 1.807) is 0 Å². The lowest BCUT2D eigenvalue weighted by molar-refractivity contribution is -0.145. The lowest BCUT2D eigenvalue weighted by Crippen LogP contribution is -2.52. The van der Waals surface area contributed by atoms with E-state index in [9.17, 15) is 9.90 Å². The predicted octanol–water partition coefficient (Wildman–Crippen LogP) is 1.21. The van der Waals surface area contributed by atoms with Gasteiger partial charge in [-0.1, -0.05) is 0 Å². The Labute approximate surface area is 102 Å². The first kappa shape index (κ1) is 11.5. The second kappa shape index (κ2) is 4.25. The van der Waals surface area contributed by atoms with Crippen molar-refractivity contribution in [2.45, 2.75) is 62.6 Å². The number of hydrogen-bond acceptors (Lipinski definition) is 3. The van der Waals surface area contributed by atoms with Crippen molar-refractivity contribution in [2.75, 3.05) is 13.1 Å². The van der Waals surface area contributed by atoms with Crippen LogP contribution >= 0.6 is 0 Å². The highest BCUT2D eigenvalue weighted by molar-refractivity contribution is 5.79. The Bertz CT molecular complexity index is 311. The van der Waals surface area contributed by atoms with Crippen LogP contribution in [0.1, 0.15) is 44.9 Å². The minimum atomic E-state index is -0.633. The van der Waals surface area contributed by atoms with E-state index in [1.807, 2.05) is 0 Å². The van der Waals surface area contributed by atoms with E-state index in [1.165, 1.54) is 25.9 Å². The van der Waals surface area contributed by atoms with E-state index in [0.717, 1.165) is 32.1 Å². The molecule has 3 aliphatic rings. The average Bonchev–Trinajstić information content (AvgIpc) is 2.83. The number of carboxylic acid groups (broad SMARTS) is 1. The maximum atomic E-state index is 11.6. The summed E-state index contributed by atoms with van der Waals surface area (Å²) < 4.78 is 0. The minimum Gasteiger partial charge on any atom is -0.480 e. The van der Waals surface area contributed by atoms with E-state index >= 15 is 0 Å². The van der Waals surface area contributed by atoms with Gasteiger partial charge in [0.2, 0.25) is 0 Å². The van der Waals surface area contributed by atoms with Gasteiger partial charge in [0.1, 0.15) is 5.54 Å². The molecule has 0 aromatic rings. The van der Waals surface area contributed by atoms with Gasteiger partial charge >= 0.3 is 5.97 Å². The zero-order valence-corrected chi connectivity index (χ0v) is 10.3. The van der Waals surface area contributed by atoms with Gasteiger partial charge in [0, 0.05) is 12.1 Å². The van der Waals surface area contributed by atoms with Crippen LogP contribution in [0.2, 0.25) is 0 Å². The summed E-state index contributed by atoms with van der Waals surface area (Å²) >= 11 is 0. The molecule has 3 fully saturated rings. The van der Waals surface area contributed by atoms with Gasteiger partial charge in [-0.3, -0.25) is 10.1 Å². The standard InChI is InChI=1S/C13H22N2O2/c16-12(17)13(14-10-3-4-10)6-5-11(9-13)15-7-1-2-8-15/h10-11,14H,1-9H2,(H,16,17). The van der Waals surface area contributed by atoms with E-state index < -0.39 is 11.5 Å². The van der Waals surface area contributed by atoms with E-state index in [-0.39, 0.29) is 0 Å². The van der Waals surface area contributed by atoms with Crippen LogP contribution in [0.3, 0.4) is 0 Å². The molecule has 96 valence electrons. The van der Waals surface area contributed by atoms with Crippen molar-refractivity contribution in [2.24, 2.45) is 0 Å². The zero-order valence-electron chi connectivity index (χ0n) is 10.3. The number of aliphatic carboxylic acids is 1. The maximum Gasteiger partial charge on any atom is 0.323 e. The molecular weight excluding hydrogens is 216 g/mol. The van der Waals surface area contributed by atoms with E-state index in [2.05, 4.69) is 10.2 Å². The number of nitrogens with zero attached hydrogens (tertiary/aromatic N) is 1. The van der Waals surface area contributed by atoms with Crippen LogP contribution in [0.15, 0.2) is 0 Å². The Hall–Kier alpha value is -0.610. The molecule has 1 heterocycles. The van der Waals surface area contributed by atoms with Gasteiger partial charge in [0.05, 0.1) is 0 Å². The van der Waals surface area contributed by atoms with Gasteiger partial charge in [0.25, 0.3) is 0 Å². The molecule has 2 saturated carbocycles. The van der Waals surface area contributed by atoms with Gasteiger partial charge in [-0.25, -0.2) is 0 Å². The number of likely N-dealkylation sites (tertiary alicyclic amines) is 1. The third-order valence-electron chi connectivity index (χ3n) is 4.61. The smallest absolute Gasteiger partial charge is 0.323 e. The molecule has 4 heteroatoms. The fourth-order valence-electron chi connectivity index (χ4n) is 3.44. The van der Waals surface area contributed by atoms with Crippen LogP contribution in [0.5, 0.6) is 0 Å². The maximum absolute atomic E-state index is 11.6. The zero-order chi connectivity index (χ0) is 11.9. The molecule has 0 bridgehead atoms. The third kappa shape index (κ3) is 2.20. The van der Waals surface area contributed by atoms with Crippen LogP contribution < -0.4 is 5.32 Å². The van der Waals surface area contributed by atoms with Gasteiger partial charge in [0.15, 0.2) is 0 Å². The van der Waals surface area contributed by atoms with Crippen molar-refractivity contribution in [1.29, 1.82) is 0 Å². The minimum absolute atomic E-state index is 0.475. The molecule has 0 radical (unpaired) electrons. The Kier molecular flexibility index (Phi) is 2.87. The van der Waals surface area contributed by atoms with Crippen molar-refractivity contribution in [3.63, 3.8) is 0 Å². The number of rotatable bonds is 4. The van der Waals surface area contributed by atoms with Crippen LogP contribution in [-0.2, 0) is 4.79 Å². The molecule has 2 unspecified atom stereocenters. The van der Waals surface area contributed by atoms with Crippen LogP contribution in [0.25, 0.3) is 0 Å². The molecule has 1 aliphatic heterocycles. The Morgan fingerprint density at radius 3 is 2.53 bits per heavy atom. The highest BCUT2D eigenvalue weighted by atomic mass is 16.4. The van der Waals surface area contributed by atoms with Gasteiger partial charge in [-0.2, -0.15) is 0 Å². The summed E-state index contributed by atoms with van der Waals surface area (Å²) in [6.45, 7) is 2.34. The van der Waals surface area contributed by atoms with E-state index in [0.29, 0.717) is 12.1 Å². The summed E-state index contributed by atoms with van der Waals surface area (Å²) in [6.07, 6.45) is 7.54. The molecule has 2 N–H and O–H groups in total. The molecule has 4 nitrogen and oxygen atoms in total. The molecule has 0 aromatic heterocycles. The summed E-state index contributed by atoms with van der Waals surface area (Å²) in [5.74, 6) is -0.633. The lowest BCUT2D eigenvalue weighted by Gasteiger charge is -2.28. The fraction of sp³-hybridized carbons (Fsp3) is 0.923. The molecule has 0 aromatic carbocycles. The third-order valence-corrected chi connectivity index (χ3v) is 4.61. The molecule has 0 spiro atoms. The lowest BCUT2D eigenvalue weighted by atomic mass is 9.97. The van der Waals surface area contributed by atoms with Crippen LogP contribution in [0, 0.1) is 0 Å². The monoisotopic (exact) mass is 238 g/mol. The highest BCUT2D eigenvalue weighted by Gasteiger charge is 2.49. The first-order chi connectivity index (χ1) is 8.20. The van der Waals surface area contributed by atoms with Crippen molar-refractivity contribution in [3.8, 4) is 0 Å². The van der Waals surface area contributed by atoms with Crippen LogP contribution in [0.4, 0.5) is 0 Å². The van der Waals surface area contributed by atoms with Gasteiger partial charge < -0.3 is 10.0 Å². The molecular formula is C13H22N2O2. The topological polar surface area (TPSA) is 52.6 Å². The SMILES string of the molecule is O=C(O)C1(NC2CC2)CCC(N2CCCC2)C1. The molecule has 0 amide bonds. The highest BCUT2D eigenvalue weighted by Crippen LogP contribution is 2.37. The second-order valence-electron chi connectivity index (χ2n) is 5.95. The van der Waals surface area contributed by atoms with Gasteiger partial charge in [-0.15, -0.1) is 0 Å². The molecule has 3 rings (SSSR count). The fourth-order valence-corrected chi connectivity index (χ4v) is 3.44. The number of carboxylic acids is 1. The molecule has 2 atom stereocenters. The molecule has 1 saturated heterocycles. The summed E-state index contributed by atoms with van der Waals surface area (Å²) in [6, 6.07) is 0.975. The van der Waals surface area contributed by atoms with Gasteiger partial charge in [-0.05, 0) is 58.0 Å². The Morgan fingerprint density at radius 2 is 1.94 bits per heavy atom. The number of hydrogen-bond donors (Lipinski definition) is 2. The Balaban J connectivity index is 1.67. The summed E-state index contributed by atoms with van der Waals surface area (Å²) in [5.41, 5.74) is -0.617. The predicted molar refractivity (Wildman–Crippen MR) is 65.0 cm³/mol. The van der Waals surface area contributed by atoms with Crippen molar-refractivity contribution >= 4 is 5.97 Å². The van der Waals surface area contributed by atoms with Crippen molar-refractivity contribution < 1.29 is 9.90 Å². The van der Waals surface area contributed by atoms with Crippen molar-refractivity contribution in [3.05, 3.63) is 0 Å².